The van der Waals surface area contributed by atoms with Crippen LogP contribution in [-0.4, -0.2) is 30.0 Å². The van der Waals surface area contributed by atoms with E-state index in [1.54, 1.807) is 24.4 Å². The molecule has 0 bridgehead atoms. The number of aromatic nitrogens is 2. The summed E-state index contributed by atoms with van der Waals surface area (Å²) < 4.78 is 14.5. The molecule has 4 aromatic carbocycles. The van der Waals surface area contributed by atoms with Crippen LogP contribution in [0.2, 0.25) is 5.02 Å². The lowest BCUT2D eigenvalue weighted by atomic mass is 10.2. The van der Waals surface area contributed by atoms with Crippen molar-refractivity contribution in [2.75, 3.05) is 19.0 Å². The molecule has 0 N–H and O–H groups in total. The summed E-state index contributed by atoms with van der Waals surface area (Å²) in [6.07, 6.45) is 1.61. The van der Waals surface area contributed by atoms with Gasteiger partial charge >= 0.3 is 0 Å². The second kappa shape index (κ2) is 11.2. The molecule has 0 unspecified atom stereocenters. The maximum Gasteiger partial charge on any atom is 0.282 e. The summed E-state index contributed by atoms with van der Waals surface area (Å²) in [5, 5.41) is 6.63. The Kier molecular flexibility index (Phi) is 7.34. The van der Waals surface area contributed by atoms with Crippen molar-refractivity contribution < 1.29 is 9.15 Å². The van der Waals surface area contributed by atoms with Crippen LogP contribution in [0.4, 0.5) is 5.69 Å². The Labute approximate surface area is 249 Å². The van der Waals surface area contributed by atoms with Gasteiger partial charge in [-0.15, -0.1) is 0 Å². The minimum absolute atomic E-state index is 0.297. The number of fused-ring (bicyclic) bond motifs is 2. The molecule has 0 amide bonds. The van der Waals surface area contributed by atoms with Crippen molar-refractivity contribution in [2.24, 2.45) is 5.10 Å². The Morgan fingerprint density at radius 2 is 1.83 bits per heavy atom. The van der Waals surface area contributed by atoms with Gasteiger partial charge in [-0.1, -0.05) is 51.8 Å². The summed E-state index contributed by atoms with van der Waals surface area (Å²) in [6.45, 7) is 0.339. The Bertz CT molecular complexity index is 1980. The molecule has 0 aliphatic carbocycles. The van der Waals surface area contributed by atoms with E-state index in [-0.39, 0.29) is 5.56 Å². The van der Waals surface area contributed by atoms with Gasteiger partial charge in [0.2, 0.25) is 5.82 Å². The number of rotatable bonds is 7. The fourth-order valence-corrected chi connectivity index (χ4v) is 4.91. The van der Waals surface area contributed by atoms with E-state index in [9.17, 15) is 4.79 Å². The van der Waals surface area contributed by atoms with Gasteiger partial charge in [0, 0.05) is 46.3 Å². The monoisotopic (exact) mass is 626 g/mol. The third-order valence-electron chi connectivity index (χ3n) is 6.59. The predicted molar refractivity (Wildman–Crippen MR) is 168 cm³/mol. The number of ether oxygens (including phenoxy) is 1. The van der Waals surface area contributed by atoms with Crippen molar-refractivity contribution in [3.63, 3.8) is 0 Å². The predicted octanol–water partition coefficient (Wildman–Crippen LogP) is 7.75. The summed E-state index contributed by atoms with van der Waals surface area (Å²) in [5.74, 6) is 1.35. The molecule has 0 fully saturated rings. The molecule has 2 aromatic heterocycles. The molecular weight excluding hydrogens is 604 g/mol. The van der Waals surface area contributed by atoms with Gasteiger partial charge in [0.1, 0.15) is 17.9 Å². The van der Waals surface area contributed by atoms with E-state index in [2.05, 4.69) is 21.0 Å². The van der Waals surface area contributed by atoms with Crippen LogP contribution in [0.5, 0.6) is 5.75 Å². The van der Waals surface area contributed by atoms with E-state index in [4.69, 9.17) is 25.7 Å². The van der Waals surface area contributed by atoms with E-state index in [1.807, 2.05) is 91.8 Å². The molecule has 204 valence electrons. The van der Waals surface area contributed by atoms with Gasteiger partial charge in [0.05, 0.1) is 17.1 Å². The molecule has 0 aliphatic rings. The lowest BCUT2D eigenvalue weighted by Crippen LogP contribution is -2.20. The Morgan fingerprint density at radius 1 is 1.02 bits per heavy atom. The number of anilines is 1. The van der Waals surface area contributed by atoms with Crippen molar-refractivity contribution in [3.05, 3.63) is 122 Å². The molecule has 9 heteroatoms. The smallest absolute Gasteiger partial charge is 0.282 e. The van der Waals surface area contributed by atoms with Crippen LogP contribution in [-0.2, 0) is 6.61 Å². The van der Waals surface area contributed by atoms with Gasteiger partial charge in [-0.05, 0) is 66.2 Å². The number of furan rings is 1. The van der Waals surface area contributed by atoms with E-state index in [1.165, 1.54) is 4.68 Å². The van der Waals surface area contributed by atoms with E-state index >= 15 is 0 Å². The van der Waals surface area contributed by atoms with Crippen molar-refractivity contribution in [1.29, 1.82) is 0 Å². The normalized spacial score (nSPS) is 11.5. The first-order chi connectivity index (χ1) is 19.9. The summed E-state index contributed by atoms with van der Waals surface area (Å²) in [5.41, 5.74) is 3.57. The van der Waals surface area contributed by atoms with Gasteiger partial charge < -0.3 is 14.1 Å². The molecule has 6 aromatic rings. The molecule has 2 heterocycles. The van der Waals surface area contributed by atoms with E-state index in [0.717, 1.165) is 21.1 Å². The highest BCUT2D eigenvalue weighted by atomic mass is 79.9. The third-order valence-corrected chi connectivity index (χ3v) is 7.33. The maximum absolute atomic E-state index is 13.7. The van der Waals surface area contributed by atoms with Gasteiger partial charge in [0.25, 0.3) is 5.56 Å². The van der Waals surface area contributed by atoms with E-state index in [0.29, 0.717) is 51.0 Å². The summed E-state index contributed by atoms with van der Waals surface area (Å²) in [7, 11) is 3.93. The third kappa shape index (κ3) is 5.62. The fourth-order valence-electron chi connectivity index (χ4n) is 4.41. The minimum atomic E-state index is -0.308. The Balaban J connectivity index is 1.44. The molecule has 0 spiro atoms. The zero-order valence-electron chi connectivity index (χ0n) is 22.2. The van der Waals surface area contributed by atoms with Gasteiger partial charge in [-0.3, -0.25) is 4.79 Å². The van der Waals surface area contributed by atoms with Crippen LogP contribution >= 0.6 is 27.5 Å². The van der Waals surface area contributed by atoms with Crippen molar-refractivity contribution in [1.82, 2.24) is 9.66 Å². The van der Waals surface area contributed by atoms with Crippen LogP contribution in [0, 0.1) is 0 Å². The first-order valence-corrected chi connectivity index (χ1v) is 14.0. The minimum Gasteiger partial charge on any atom is -0.488 e. The van der Waals surface area contributed by atoms with Gasteiger partial charge in [0.15, 0.2) is 5.76 Å². The van der Waals surface area contributed by atoms with Crippen LogP contribution in [0.1, 0.15) is 11.1 Å². The quantitative estimate of drug-likeness (QED) is 0.169. The molecule has 0 aliphatic heterocycles. The zero-order chi connectivity index (χ0) is 28.5. The molecular formula is C32H24BrClN4O3. The zero-order valence-corrected chi connectivity index (χ0v) is 24.6. The van der Waals surface area contributed by atoms with Crippen LogP contribution in [0.15, 0.2) is 110 Å². The SMILES string of the molecule is CN(C)c1ccc(C=Nn2c(-c3cc4cc(Br)ccc4o3)nc3ccccc3c2=O)c(OCc2ccc(Cl)cc2)c1. The number of halogens is 2. The standard InChI is InChI=1S/C32H24BrClN4O3/c1-37(2)25-13-9-21(29(17-25)40-19-20-7-11-24(34)12-8-20)18-35-38-31(36-27-6-4-3-5-26(27)32(38)39)30-16-22-15-23(33)10-14-28(22)41-30/h3-18H,19H2,1-2H3. The van der Waals surface area contributed by atoms with Crippen molar-refractivity contribution in [2.45, 2.75) is 6.61 Å². The second-order valence-electron chi connectivity index (χ2n) is 9.64. The highest BCUT2D eigenvalue weighted by Crippen LogP contribution is 2.30. The maximum atomic E-state index is 13.7. The second-order valence-corrected chi connectivity index (χ2v) is 11.0. The van der Waals surface area contributed by atoms with Gasteiger partial charge in [-0.2, -0.15) is 9.78 Å². The topological polar surface area (TPSA) is 72.9 Å². The average molecular weight is 628 g/mol. The summed E-state index contributed by atoms with van der Waals surface area (Å²) >= 11 is 9.54. The van der Waals surface area contributed by atoms with Crippen LogP contribution in [0.3, 0.4) is 0 Å². The number of hydrogen-bond acceptors (Lipinski definition) is 6. The summed E-state index contributed by atoms with van der Waals surface area (Å²) in [6, 6.07) is 28.1. The molecule has 0 atom stereocenters. The fraction of sp³-hybridized carbons (Fsp3) is 0.0938. The largest absolute Gasteiger partial charge is 0.488 e. The number of nitrogens with zero attached hydrogens (tertiary/aromatic N) is 4. The van der Waals surface area contributed by atoms with Crippen LogP contribution in [0.25, 0.3) is 33.5 Å². The summed E-state index contributed by atoms with van der Waals surface area (Å²) in [4.78, 5) is 20.5. The Morgan fingerprint density at radius 3 is 2.63 bits per heavy atom. The Hall–Kier alpha value is -4.40. The molecule has 6 rings (SSSR count). The number of hydrogen-bond donors (Lipinski definition) is 0. The average Bonchev–Trinajstić information content (AvgIpc) is 3.39. The molecule has 0 radical (unpaired) electrons. The molecule has 41 heavy (non-hydrogen) atoms. The van der Waals surface area contributed by atoms with Crippen molar-refractivity contribution in [3.8, 4) is 17.3 Å². The lowest BCUT2D eigenvalue weighted by Gasteiger charge is -2.16. The first-order valence-electron chi connectivity index (χ1n) is 12.8. The first kappa shape index (κ1) is 26.8. The molecule has 0 saturated heterocycles. The van der Waals surface area contributed by atoms with Crippen LogP contribution < -0.4 is 15.2 Å². The van der Waals surface area contributed by atoms with Gasteiger partial charge in [-0.25, -0.2) is 4.98 Å². The lowest BCUT2D eigenvalue weighted by molar-refractivity contribution is 0.306. The number of benzene rings is 4. The number of para-hydroxylation sites is 1. The highest BCUT2D eigenvalue weighted by molar-refractivity contribution is 9.10. The molecule has 0 saturated carbocycles. The van der Waals surface area contributed by atoms with Crippen molar-refractivity contribution >= 4 is 61.3 Å². The molecule has 7 nitrogen and oxygen atoms in total. The van der Waals surface area contributed by atoms with E-state index < -0.39 is 0 Å². The highest BCUT2D eigenvalue weighted by Gasteiger charge is 2.17.